The average Bonchev–Trinajstić information content (AvgIpc) is 2.67. The number of hydrogen-bond donors (Lipinski definition) is 1. The third-order valence-corrected chi connectivity index (χ3v) is 2.28. The predicted molar refractivity (Wildman–Crippen MR) is 51.4 cm³/mol. The van der Waals surface area contributed by atoms with E-state index >= 15 is 0 Å². The van der Waals surface area contributed by atoms with Crippen molar-refractivity contribution in [1.82, 2.24) is 15.0 Å². The van der Waals surface area contributed by atoms with Crippen LogP contribution in [0.15, 0.2) is 24.4 Å². The minimum Gasteiger partial charge on any atom is -0.382 e. The highest BCUT2D eigenvalue weighted by atomic mass is 19.1. The van der Waals surface area contributed by atoms with Crippen LogP contribution in [-0.4, -0.2) is 20.1 Å². The lowest BCUT2D eigenvalue weighted by molar-refractivity contribution is 0.204. The van der Waals surface area contributed by atoms with Crippen LogP contribution < -0.4 is 0 Å². The predicted octanol–water partition coefficient (Wildman–Crippen LogP) is 1.17. The number of aliphatic hydroxyl groups excluding tert-OH is 1. The molecule has 1 aromatic carbocycles. The van der Waals surface area contributed by atoms with Crippen molar-refractivity contribution in [1.29, 1.82) is 0 Å². The third-order valence-electron chi connectivity index (χ3n) is 2.28. The molecule has 2 rings (SSSR count). The summed E-state index contributed by atoms with van der Waals surface area (Å²) in [7, 11) is 1.56. The number of hydrogen-bond acceptors (Lipinski definition) is 3. The van der Waals surface area contributed by atoms with Gasteiger partial charge in [-0.2, -0.15) is 0 Å². The summed E-state index contributed by atoms with van der Waals surface area (Å²) in [5, 5.41) is 17.0. The number of nitrogens with zero attached hydrogens (tertiary/aromatic N) is 3. The molecular formula is C10H9F2N3O. The number of halogens is 2. The molecular weight excluding hydrogens is 216 g/mol. The zero-order chi connectivity index (χ0) is 11.7. The van der Waals surface area contributed by atoms with Crippen molar-refractivity contribution in [3.63, 3.8) is 0 Å². The SMILES string of the molecule is Cn1nncc1C(O)c1cc(F)ccc1F. The highest BCUT2D eigenvalue weighted by Crippen LogP contribution is 2.23. The van der Waals surface area contributed by atoms with Crippen molar-refractivity contribution in [3.05, 3.63) is 47.3 Å². The van der Waals surface area contributed by atoms with Crippen LogP contribution in [0.4, 0.5) is 8.78 Å². The fourth-order valence-electron chi connectivity index (χ4n) is 1.43. The molecule has 0 bridgehead atoms. The lowest BCUT2D eigenvalue weighted by Crippen LogP contribution is -2.08. The molecule has 4 nitrogen and oxygen atoms in total. The quantitative estimate of drug-likeness (QED) is 0.834. The molecule has 2 aromatic rings. The van der Waals surface area contributed by atoms with E-state index in [4.69, 9.17) is 0 Å². The van der Waals surface area contributed by atoms with Gasteiger partial charge < -0.3 is 5.11 Å². The van der Waals surface area contributed by atoms with Gasteiger partial charge in [-0.1, -0.05) is 5.21 Å². The number of rotatable bonds is 2. The molecule has 0 saturated carbocycles. The first-order valence-corrected chi connectivity index (χ1v) is 4.57. The van der Waals surface area contributed by atoms with Crippen molar-refractivity contribution in [2.24, 2.45) is 7.05 Å². The number of aryl methyl sites for hydroxylation is 1. The molecule has 1 aromatic heterocycles. The first kappa shape index (κ1) is 10.7. The molecule has 1 N–H and O–H groups in total. The van der Waals surface area contributed by atoms with Crippen molar-refractivity contribution in [2.75, 3.05) is 0 Å². The fourth-order valence-corrected chi connectivity index (χ4v) is 1.43. The monoisotopic (exact) mass is 225 g/mol. The molecule has 84 valence electrons. The summed E-state index contributed by atoms with van der Waals surface area (Å²) in [6, 6.07) is 2.91. The second kappa shape index (κ2) is 3.97. The maximum Gasteiger partial charge on any atom is 0.129 e. The van der Waals surface area contributed by atoms with E-state index in [1.165, 1.54) is 10.9 Å². The molecule has 16 heavy (non-hydrogen) atoms. The van der Waals surface area contributed by atoms with Gasteiger partial charge >= 0.3 is 0 Å². The van der Waals surface area contributed by atoms with Gasteiger partial charge in [-0.25, -0.2) is 13.5 Å². The minimum atomic E-state index is -1.28. The molecule has 1 unspecified atom stereocenters. The smallest absolute Gasteiger partial charge is 0.129 e. The summed E-state index contributed by atoms with van der Waals surface area (Å²) in [6.07, 6.45) is 0.0188. The van der Waals surface area contributed by atoms with Crippen molar-refractivity contribution in [3.8, 4) is 0 Å². The van der Waals surface area contributed by atoms with Crippen LogP contribution in [0, 0.1) is 11.6 Å². The Labute approximate surface area is 90.1 Å². The van der Waals surface area contributed by atoms with E-state index < -0.39 is 17.7 Å². The van der Waals surface area contributed by atoms with E-state index in [1.54, 1.807) is 7.05 Å². The fraction of sp³-hybridized carbons (Fsp3) is 0.200. The summed E-state index contributed by atoms with van der Waals surface area (Å²) >= 11 is 0. The Hall–Kier alpha value is -1.82. The van der Waals surface area contributed by atoms with Gasteiger partial charge in [0.25, 0.3) is 0 Å². The van der Waals surface area contributed by atoms with Crippen LogP contribution in [0.1, 0.15) is 17.4 Å². The standard InChI is InChI=1S/C10H9F2N3O/c1-15-9(5-13-14-15)10(16)7-4-6(11)2-3-8(7)12/h2-5,10,16H,1H3. The third kappa shape index (κ3) is 1.79. The zero-order valence-corrected chi connectivity index (χ0v) is 8.43. The van der Waals surface area contributed by atoms with Gasteiger partial charge in [0.05, 0.1) is 11.9 Å². The molecule has 0 spiro atoms. The number of benzene rings is 1. The molecule has 6 heteroatoms. The van der Waals surface area contributed by atoms with Crippen LogP contribution in [0.3, 0.4) is 0 Å². The summed E-state index contributed by atoms with van der Waals surface area (Å²) in [5.74, 6) is -1.28. The first-order chi connectivity index (χ1) is 7.59. The highest BCUT2D eigenvalue weighted by Gasteiger charge is 2.19. The molecule has 1 atom stereocenters. The van der Waals surface area contributed by atoms with Gasteiger partial charge in [-0.15, -0.1) is 5.10 Å². The topological polar surface area (TPSA) is 50.9 Å². The van der Waals surface area contributed by atoms with Gasteiger partial charge in [-0.3, -0.25) is 0 Å². The molecule has 0 aliphatic heterocycles. The largest absolute Gasteiger partial charge is 0.382 e. The molecule has 0 aliphatic rings. The summed E-state index contributed by atoms with van der Waals surface area (Å²) < 4.78 is 27.6. The Balaban J connectivity index is 2.45. The van der Waals surface area contributed by atoms with Crippen LogP contribution in [-0.2, 0) is 7.05 Å². The van der Waals surface area contributed by atoms with Crippen LogP contribution in [0.5, 0.6) is 0 Å². The Bertz CT molecular complexity index is 513. The maximum atomic E-state index is 13.4. The van der Waals surface area contributed by atoms with Gasteiger partial charge in [-0.05, 0) is 18.2 Å². The molecule has 0 fully saturated rings. The van der Waals surface area contributed by atoms with Gasteiger partial charge in [0, 0.05) is 12.6 Å². The average molecular weight is 225 g/mol. The summed E-state index contributed by atoms with van der Waals surface area (Å²) in [5.41, 5.74) is 0.162. The normalized spacial score (nSPS) is 12.8. The molecule has 0 saturated heterocycles. The van der Waals surface area contributed by atoms with Crippen LogP contribution in [0.25, 0.3) is 0 Å². The zero-order valence-electron chi connectivity index (χ0n) is 8.43. The van der Waals surface area contributed by atoms with E-state index in [0.29, 0.717) is 5.69 Å². The van der Waals surface area contributed by atoms with Gasteiger partial charge in [0.2, 0.25) is 0 Å². The second-order valence-corrected chi connectivity index (χ2v) is 3.35. The molecule has 0 radical (unpaired) electrons. The Morgan fingerprint density at radius 2 is 2.12 bits per heavy atom. The Morgan fingerprint density at radius 1 is 1.38 bits per heavy atom. The second-order valence-electron chi connectivity index (χ2n) is 3.35. The van der Waals surface area contributed by atoms with Crippen LogP contribution in [0.2, 0.25) is 0 Å². The number of aromatic nitrogens is 3. The highest BCUT2D eigenvalue weighted by molar-refractivity contribution is 5.26. The summed E-state index contributed by atoms with van der Waals surface area (Å²) in [6.45, 7) is 0. The van der Waals surface area contributed by atoms with Crippen molar-refractivity contribution in [2.45, 2.75) is 6.10 Å². The van der Waals surface area contributed by atoms with E-state index in [-0.39, 0.29) is 5.56 Å². The number of aliphatic hydroxyl groups is 1. The van der Waals surface area contributed by atoms with Crippen molar-refractivity contribution >= 4 is 0 Å². The first-order valence-electron chi connectivity index (χ1n) is 4.57. The summed E-state index contributed by atoms with van der Waals surface area (Å²) in [4.78, 5) is 0. The van der Waals surface area contributed by atoms with Gasteiger partial charge in [0.1, 0.15) is 17.7 Å². The maximum absolute atomic E-state index is 13.4. The Kier molecular flexibility index (Phi) is 2.66. The minimum absolute atomic E-state index is 0.134. The van der Waals surface area contributed by atoms with Crippen molar-refractivity contribution < 1.29 is 13.9 Å². The van der Waals surface area contributed by atoms with E-state index in [1.807, 2.05) is 0 Å². The lowest BCUT2D eigenvalue weighted by atomic mass is 10.1. The molecule has 0 amide bonds. The molecule has 1 heterocycles. The van der Waals surface area contributed by atoms with E-state index in [0.717, 1.165) is 18.2 Å². The van der Waals surface area contributed by atoms with E-state index in [9.17, 15) is 13.9 Å². The van der Waals surface area contributed by atoms with Gasteiger partial charge in [0.15, 0.2) is 0 Å². The Morgan fingerprint density at radius 3 is 2.75 bits per heavy atom. The molecule has 0 aliphatic carbocycles. The van der Waals surface area contributed by atoms with E-state index in [2.05, 4.69) is 10.3 Å². The lowest BCUT2D eigenvalue weighted by Gasteiger charge is -2.11. The van der Waals surface area contributed by atoms with Crippen LogP contribution >= 0.6 is 0 Å².